The van der Waals surface area contributed by atoms with Gasteiger partial charge >= 0.3 is 0 Å². The number of thioether (sulfide) groups is 1. The molecule has 176 valence electrons. The minimum atomic E-state index is -0.506. The number of carbonyl (C=O) groups excluding carboxylic acids is 1. The lowest BCUT2D eigenvalue weighted by molar-refractivity contribution is 0.0991. The summed E-state index contributed by atoms with van der Waals surface area (Å²) in [4.78, 5) is 17.2. The zero-order valence-electron chi connectivity index (χ0n) is 19.2. The maximum absolute atomic E-state index is 14.0. The number of nitrogens with one attached hydrogen (secondary N) is 1. The van der Waals surface area contributed by atoms with Crippen LogP contribution in [-0.4, -0.2) is 25.5 Å². The second kappa shape index (κ2) is 9.71. The summed E-state index contributed by atoms with van der Waals surface area (Å²) in [7, 11) is 0. The number of benzene rings is 3. The first kappa shape index (κ1) is 22.1. The number of H-pyrrole nitrogens is 1. The van der Waals surface area contributed by atoms with Gasteiger partial charge in [-0.3, -0.25) is 9.36 Å². The van der Waals surface area contributed by atoms with Crippen LogP contribution in [0, 0.1) is 0 Å². The van der Waals surface area contributed by atoms with Gasteiger partial charge in [0, 0.05) is 22.7 Å². The van der Waals surface area contributed by atoms with E-state index < -0.39 is 5.25 Å². The van der Waals surface area contributed by atoms with Gasteiger partial charge in [-0.1, -0.05) is 90.6 Å². The lowest BCUT2D eigenvalue weighted by atomic mass is 10.0. The van der Waals surface area contributed by atoms with E-state index in [4.69, 9.17) is 4.42 Å². The maximum Gasteiger partial charge on any atom is 0.200 e. The Morgan fingerprint density at radius 3 is 2.42 bits per heavy atom. The zero-order valence-corrected chi connectivity index (χ0v) is 20.1. The quantitative estimate of drug-likeness (QED) is 0.188. The number of nitrogens with zero attached hydrogens (tertiary/aromatic N) is 3. The molecule has 3 aromatic carbocycles. The van der Waals surface area contributed by atoms with Crippen molar-refractivity contribution in [3.63, 3.8) is 0 Å². The van der Waals surface area contributed by atoms with Crippen molar-refractivity contribution < 1.29 is 9.21 Å². The Hall–Kier alpha value is -4.36. The van der Waals surface area contributed by atoms with Crippen molar-refractivity contribution in [2.45, 2.75) is 17.0 Å². The smallest absolute Gasteiger partial charge is 0.200 e. The number of furan rings is 1. The molecule has 0 amide bonds. The second-order valence-corrected chi connectivity index (χ2v) is 9.45. The van der Waals surface area contributed by atoms with Gasteiger partial charge in [0.1, 0.15) is 5.25 Å². The third-order valence-electron chi connectivity index (χ3n) is 6.06. The number of Topliss-reactive ketones (excluding diaryl/α,β-unsaturated/α-hetero) is 1. The van der Waals surface area contributed by atoms with Gasteiger partial charge in [0.2, 0.25) is 5.82 Å². The molecule has 3 aromatic heterocycles. The number of hydrogen-bond donors (Lipinski definition) is 1. The van der Waals surface area contributed by atoms with Crippen LogP contribution in [0.1, 0.15) is 26.7 Å². The highest BCUT2D eigenvalue weighted by Gasteiger charge is 2.29. The fourth-order valence-corrected chi connectivity index (χ4v) is 5.40. The summed E-state index contributed by atoms with van der Waals surface area (Å²) in [5.74, 6) is 1.26. The molecular formula is C29H22N4O2S. The average molecular weight is 491 g/mol. The topological polar surface area (TPSA) is 76.7 Å². The van der Waals surface area contributed by atoms with Gasteiger partial charge < -0.3 is 9.40 Å². The van der Waals surface area contributed by atoms with E-state index in [1.54, 1.807) is 12.5 Å². The van der Waals surface area contributed by atoms with E-state index in [-0.39, 0.29) is 5.78 Å². The molecule has 0 aliphatic heterocycles. The van der Waals surface area contributed by atoms with Gasteiger partial charge in [0.05, 0.1) is 12.8 Å². The molecule has 3 heterocycles. The number of rotatable bonds is 8. The van der Waals surface area contributed by atoms with Crippen molar-refractivity contribution in [3.05, 3.63) is 126 Å². The lowest BCUT2D eigenvalue weighted by Gasteiger charge is -2.17. The van der Waals surface area contributed by atoms with Gasteiger partial charge in [-0.15, -0.1) is 10.2 Å². The molecule has 0 fully saturated rings. The van der Waals surface area contributed by atoms with Crippen LogP contribution in [-0.2, 0) is 6.54 Å². The van der Waals surface area contributed by atoms with Crippen molar-refractivity contribution in [2.75, 3.05) is 0 Å². The lowest BCUT2D eigenvalue weighted by Crippen LogP contribution is -2.12. The molecule has 6 nitrogen and oxygen atoms in total. The van der Waals surface area contributed by atoms with Crippen molar-refractivity contribution >= 4 is 28.4 Å². The summed E-state index contributed by atoms with van der Waals surface area (Å²) < 4.78 is 7.66. The summed E-state index contributed by atoms with van der Waals surface area (Å²) in [5.41, 5.74) is 3.61. The van der Waals surface area contributed by atoms with Crippen molar-refractivity contribution in [3.8, 4) is 11.6 Å². The highest BCUT2D eigenvalue weighted by Crippen LogP contribution is 2.39. The van der Waals surface area contributed by atoms with Crippen molar-refractivity contribution in [2.24, 2.45) is 0 Å². The molecule has 0 saturated carbocycles. The second-order valence-electron chi connectivity index (χ2n) is 8.38. The molecule has 36 heavy (non-hydrogen) atoms. The molecule has 0 bridgehead atoms. The normalized spacial score (nSPS) is 12.1. The SMILES string of the molecule is O=C(c1c[nH]c2ccccc12)[C@@H](Sc1nnc(-c2ccco2)n1Cc1ccccc1)c1ccccc1. The number of ketones is 1. The van der Waals surface area contributed by atoms with Gasteiger partial charge in [-0.05, 0) is 29.3 Å². The zero-order chi connectivity index (χ0) is 24.3. The molecule has 7 heteroatoms. The Labute approximate surface area is 212 Å². The summed E-state index contributed by atoms with van der Waals surface area (Å²) in [6.07, 6.45) is 3.42. The van der Waals surface area contributed by atoms with Gasteiger partial charge in [-0.2, -0.15) is 0 Å². The monoisotopic (exact) mass is 490 g/mol. The molecule has 6 aromatic rings. The Balaban J connectivity index is 1.43. The minimum absolute atomic E-state index is 0.0115. The Morgan fingerprint density at radius 2 is 1.64 bits per heavy atom. The van der Waals surface area contributed by atoms with Crippen molar-refractivity contribution in [1.82, 2.24) is 19.7 Å². The molecule has 0 saturated heterocycles. The number of aromatic nitrogens is 4. The fourth-order valence-electron chi connectivity index (χ4n) is 4.30. The number of carbonyl (C=O) groups is 1. The van der Waals surface area contributed by atoms with E-state index in [0.717, 1.165) is 22.0 Å². The summed E-state index contributed by atoms with van der Waals surface area (Å²) in [6.45, 7) is 0.551. The largest absolute Gasteiger partial charge is 0.461 e. The van der Waals surface area contributed by atoms with Crippen LogP contribution in [0.4, 0.5) is 0 Å². The van der Waals surface area contributed by atoms with Gasteiger partial charge in [0.25, 0.3) is 0 Å². The maximum atomic E-state index is 14.0. The van der Waals surface area contributed by atoms with Crippen LogP contribution >= 0.6 is 11.8 Å². The van der Waals surface area contributed by atoms with E-state index in [2.05, 4.69) is 27.3 Å². The number of aromatic amines is 1. The van der Waals surface area contributed by atoms with E-state index in [1.807, 2.05) is 89.5 Å². The van der Waals surface area contributed by atoms with Crippen LogP contribution in [0.5, 0.6) is 0 Å². The third kappa shape index (κ3) is 4.25. The molecule has 0 unspecified atom stereocenters. The summed E-state index contributed by atoms with van der Waals surface area (Å²) in [6, 6.07) is 31.5. The molecule has 0 spiro atoms. The number of hydrogen-bond acceptors (Lipinski definition) is 5. The van der Waals surface area contributed by atoms with E-state index >= 15 is 0 Å². The minimum Gasteiger partial charge on any atom is -0.461 e. The van der Waals surface area contributed by atoms with Crippen LogP contribution in [0.15, 0.2) is 119 Å². The van der Waals surface area contributed by atoms with Gasteiger partial charge in [-0.25, -0.2) is 0 Å². The molecule has 0 radical (unpaired) electrons. The number of para-hydroxylation sites is 1. The van der Waals surface area contributed by atoms with Crippen LogP contribution in [0.25, 0.3) is 22.5 Å². The summed E-state index contributed by atoms with van der Waals surface area (Å²) in [5, 5.41) is 10.0. The molecular weight excluding hydrogens is 468 g/mol. The molecule has 0 aliphatic rings. The predicted octanol–water partition coefficient (Wildman–Crippen LogP) is 6.78. The molecule has 1 atom stereocenters. The Morgan fingerprint density at radius 1 is 0.889 bits per heavy atom. The Kier molecular flexibility index (Phi) is 5.97. The highest BCUT2D eigenvalue weighted by molar-refractivity contribution is 8.00. The van der Waals surface area contributed by atoms with Crippen LogP contribution in [0.3, 0.4) is 0 Å². The standard InChI is InChI=1S/C29H22N4O2S/c34-26(23-18-30-24-15-8-7-14-22(23)24)27(21-12-5-2-6-13-21)36-29-32-31-28(25-16-9-17-35-25)33(29)19-20-10-3-1-4-11-20/h1-18,27,30H,19H2/t27-/m0/s1. The highest BCUT2D eigenvalue weighted by atomic mass is 32.2. The van der Waals surface area contributed by atoms with E-state index in [0.29, 0.717) is 28.8 Å². The van der Waals surface area contributed by atoms with Crippen LogP contribution < -0.4 is 0 Å². The first-order valence-corrected chi connectivity index (χ1v) is 12.5. The predicted molar refractivity (Wildman–Crippen MR) is 141 cm³/mol. The Bertz CT molecular complexity index is 1610. The average Bonchev–Trinajstić information content (AvgIpc) is 3.68. The van der Waals surface area contributed by atoms with Gasteiger partial charge in [0.15, 0.2) is 16.7 Å². The van der Waals surface area contributed by atoms with Crippen molar-refractivity contribution in [1.29, 1.82) is 0 Å². The first-order chi connectivity index (χ1) is 17.8. The fraction of sp³-hybridized carbons (Fsp3) is 0.0690. The number of fused-ring (bicyclic) bond motifs is 1. The summed E-state index contributed by atoms with van der Waals surface area (Å²) >= 11 is 1.40. The van der Waals surface area contributed by atoms with E-state index in [1.165, 1.54) is 11.8 Å². The third-order valence-corrected chi connectivity index (χ3v) is 7.30. The first-order valence-electron chi connectivity index (χ1n) is 11.6. The molecule has 6 rings (SSSR count). The molecule has 1 N–H and O–H groups in total. The van der Waals surface area contributed by atoms with Crippen LogP contribution in [0.2, 0.25) is 0 Å². The van der Waals surface area contributed by atoms with E-state index in [9.17, 15) is 4.79 Å². The molecule has 0 aliphatic carbocycles.